The fourth-order valence-corrected chi connectivity index (χ4v) is 1.65. The molecule has 0 radical (unpaired) electrons. The van der Waals surface area contributed by atoms with E-state index in [0.717, 1.165) is 0 Å². The smallest absolute Gasteiger partial charge is 0.326 e. The van der Waals surface area contributed by atoms with Crippen molar-refractivity contribution in [3.63, 3.8) is 0 Å². The average Bonchev–Trinajstić information content (AvgIpc) is 2.37. The summed E-state index contributed by atoms with van der Waals surface area (Å²) in [5, 5.41) is 10.4. The number of halogens is 2. The van der Waals surface area contributed by atoms with Gasteiger partial charge in [-0.2, -0.15) is 0 Å². The van der Waals surface area contributed by atoms with E-state index in [9.17, 15) is 18.4 Å². The van der Waals surface area contributed by atoms with Crippen LogP contribution in [-0.4, -0.2) is 28.9 Å². The zero-order chi connectivity index (χ0) is 9.09. The fourth-order valence-electron chi connectivity index (χ4n) is 1.65. The van der Waals surface area contributed by atoms with Gasteiger partial charge in [0.2, 0.25) is 5.91 Å². The molecule has 4 nitrogen and oxygen atoms in total. The first kappa shape index (κ1) is 7.45. The topological polar surface area (TPSA) is 66.4 Å². The minimum absolute atomic E-state index is 0.850. The maximum Gasteiger partial charge on any atom is 0.326 e. The number of nitrogens with one attached hydrogen (secondary N) is 1. The predicted molar refractivity (Wildman–Crippen MR) is 31.5 cm³/mol. The predicted octanol–water partition coefficient (Wildman–Crippen LogP) is -0.549. The molecule has 66 valence electrons. The summed E-state index contributed by atoms with van der Waals surface area (Å²) in [4.78, 5) is 21.0. The third-order valence-corrected chi connectivity index (χ3v) is 2.31. The third-order valence-electron chi connectivity index (χ3n) is 2.31. The minimum Gasteiger partial charge on any atom is -0.480 e. The van der Waals surface area contributed by atoms with Gasteiger partial charge in [-0.15, -0.1) is 0 Å². The van der Waals surface area contributed by atoms with Gasteiger partial charge in [0, 0.05) is 0 Å². The Hall–Kier alpha value is -1.20. The Morgan fingerprint density at radius 1 is 1.58 bits per heavy atom. The number of carboxylic acid groups (broad SMARTS) is 1. The molecule has 0 bridgehead atoms. The van der Waals surface area contributed by atoms with Crippen molar-refractivity contribution < 1.29 is 23.5 Å². The number of alkyl halides is 2. The Balaban J connectivity index is 2.25. The van der Waals surface area contributed by atoms with E-state index >= 15 is 0 Å². The lowest BCUT2D eigenvalue weighted by molar-refractivity contribution is -0.142. The van der Waals surface area contributed by atoms with Crippen LogP contribution in [0.15, 0.2) is 0 Å². The molecule has 2 fully saturated rings. The number of amides is 1. The molecule has 0 aromatic rings. The summed E-state index contributed by atoms with van der Waals surface area (Å²) >= 11 is 0. The van der Waals surface area contributed by atoms with Crippen LogP contribution in [0.5, 0.6) is 0 Å². The van der Waals surface area contributed by atoms with Gasteiger partial charge in [0.1, 0.15) is 12.0 Å². The summed E-state index contributed by atoms with van der Waals surface area (Å²) in [6.07, 6.45) is 0. The Morgan fingerprint density at radius 3 is 2.42 bits per heavy atom. The lowest BCUT2D eigenvalue weighted by Gasteiger charge is -2.09. The number of piperidine rings is 1. The summed E-state index contributed by atoms with van der Waals surface area (Å²) in [5.74, 6) is -8.09. The van der Waals surface area contributed by atoms with E-state index in [1.165, 1.54) is 0 Å². The van der Waals surface area contributed by atoms with E-state index < -0.39 is 35.7 Å². The van der Waals surface area contributed by atoms with Gasteiger partial charge in [-0.25, -0.2) is 13.6 Å². The fraction of sp³-hybridized carbons (Fsp3) is 0.667. The van der Waals surface area contributed by atoms with Gasteiger partial charge < -0.3 is 10.4 Å². The Bertz CT molecular complexity index is 278. The molecule has 1 saturated carbocycles. The second-order valence-corrected chi connectivity index (χ2v) is 3.00. The lowest BCUT2D eigenvalue weighted by Crippen LogP contribution is -2.40. The third kappa shape index (κ3) is 0.645. The van der Waals surface area contributed by atoms with Gasteiger partial charge in [-0.3, -0.25) is 4.79 Å². The molecule has 2 N–H and O–H groups in total. The van der Waals surface area contributed by atoms with E-state index in [-0.39, 0.29) is 0 Å². The number of fused-ring (bicyclic) bond motifs is 1. The highest BCUT2D eigenvalue weighted by Gasteiger charge is 2.79. The second kappa shape index (κ2) is 1.75. The number of carbonyl (C=O) groups excluding carboxylic acids is 1. The van der Waals surface area contributed by atoms with Crippen LogP contribution in [0.4, 0.5) is 8.78 Å². The Labute approximate surface area is 65.6 Å². The summed E-state index contributed by atoms with van der Waals surface area (Å²) < 4.78 is 25.2. The largest absolute Gasteiger partial charge is 0.480 e. The first-order valence-electron chi connectivity index (χ1n) is 3.37. The molecule has 1 saturated heterocycles. The lowest BCUT2D eigenvalue weighted by atomic mass is 10.2. The minimum atomic E-state index is -3.11. The maximum atomic E-state index is 12.6. The van der Waals surface area contributed by atoms with Gasteiger partial charge in [-0.1, -0.05) is 0 Å². The standard InChI is InChI=1S/C6H5F2NO3/c7-6(8)1-2(6)4(10)9-3(1)5(11)12/h1-3H,(H,9,10)(H,11,12). The molecule has 1 heterocycles. The highest BCUT2D eigenvalue weighted by Crippen LogP contribution is 2.60. The maximum absolute atomic E-state index is 12.6. The van der Waals surface area contributed by atoms with Crippen molar-refractivity contribution in [1.82, 2.24) is 5.32 Å². The van der Waals surface area contributed by atoms with E-state index in [2.05, 4.69) is 0 Å². The summed E-state index contributed by atoms with van der Waals surface area (Å²) in [5.41, 5.74) is 0. The number of hydrogen-bond acceptors (Lipinski definition) is 2. The summed E-state index contributed by atoms with van der Waals surface area (Å²) in [6.45, 7) is 0. The van der Waals surface area contributed by atoms with Crippen molar-refractivity contribution in [2.24, 2.45) is 11.8 Å². The molecule has 3 atom stereocenters. The molecule has 2 rings (SSSR count). The van der Waals surface area contributed by atoms with Crippen LogP contribution >= 0.6 is 0 Å². The van der Waals surface area contributed by atoms with Gasteiger partial charge >= 0.3 is 5.97 Å². The van der Waals surface area contributed by atoms with Gasteiger partial charge in [0.15, 0.2) is 0 Å². The number of hydrogen-bond donors (Lipinski definition) is 2. The van der Waals surface area contributed by atoms with Crippen molar-refractivity contribution in [1.29, 1.82) is 0 Å². The Kier molecular flexibility index (Phi) is 1.09. The summed E-state index contributed by atoms with van der Waals surface area (Å²) in [7, 11) is 0. The number of carbonyl (C=O) groups is 2. The van der Waals surface area contributed by atoms with Crippen molar-refractivity contribution >= 4 is 11.9 Å². The molecule has 3 unspecified atom stereocenters. The van der Waals surface area contributed by atoms with Crippen LogP contribution < -0.4 is 5.32 Å². The van der Waals surface area contributed by atoms with Crippen LogP contribution in [-0.2, 0) is 9.59 Å². The molecular weight excluding hydrogens is 172 g/mol. The van der Waals surface area contributed by atoms with Crippen molar-refractivity contribution in [2.45, 2.75) is 12.0 Å². The molecule has 0 aromatic carbocycles. The monoisotopic (exact) mass is 177 g/mol. The number of aliphatic carboxylic acids is 1. The van der Waals surface area contributed by atoms with Crippen LogP contribution in [0.2, 0.25) is 0 Å². The van der Waals surface area contributed by atoms with Crippen molar-refractivity contribution in [2.75, 3.05) is 0 Å². The van der Waals surface area contributed by atoms with Gasteiger partial charge in [-0.05, 0) is 0 Å². The molecule has 1 aliphatic heterocycles. The van der Waals surface area contributed by atoms with E-state index in [1.54, 1.807) is 0 Å². The first-order valence-corrected chi connectivity index (χ1v) is 3.37. The van der Waals surface area contributed by atoms with Crippen molar-refractivity contribution in [3.05, 3.63) is 0 Å². The average molecular weight is 177 g/mol. The zero-order valence-corrected chi connectivity index (χ0v) is 5.75. The van der Waals surface area contributed by atoms with Crippen molar-refractivity contribution in [3.8, 4) is 0 Å². The van der Waals surface area contributed by atoms with Gasteiger partial charge in [0.05, 0.1) is 5.92 Å². The van der Waals surface area contributed by atoms with E-state index in [4.69, 9.17) is 5.11 Å². The van der Waals surface area contributed by atoms with E-state index in [0.29, 0.717) is 0 Å². The highest BCUT2D eigenvalue weighted by molar-refractivity contribution is 5.94. The molecule has 0 aromatic heterocycles. The Morgan fingerprint density at radius 2 is 2.17 bits per heavy atom. The second-order valence-electron chi connectivity index (χ2n) is 3.00. The van der Waals surface area contributed by atoms with Crippen LogP contribution in [0.3, 0.4) is 0 Å². The van der Waals surface area contributed by atoms with Crippen LogP contribution in [0, 0.1) is 11.8 Å². The normalized spacial score (nSPS) is 41.8. The molecule has 1 amide bonds. The molecule has 2 aliphatic rings. The molecular formula is C6H5F2NO3. The molecule has 6 heteroatoms. The molecule has 12 heavy (non-hydrogen) atoms. The molecule has 1 aliphatic carbocycles. The van der Waals surface area contributed by atoms with E-state index in [1.807, 2.05) is 5.32 Å². The van der Waals surface area contributed by atoms with Gasteiger partial charge in [0.25, 0.3) is 5.92 Å². The first-order chi connectivity index (χ1) is 5.46. The zero-order valence-electron chi connectivity index (χ0n) is 5.75. The molecule has 0 spiro atoms. The van der Waals surface area contributed by atoms with Crippen LogP contribution in [0.1, 0.15) is 0 Å². The van der Waals surface area contributed by atoms with Crippen LogP contribution in [0.25, 0.3) is 0 Å². The SMILES string of the molecule is O=C(O)C1NC(=O)C2C1C2(F)F. The quantitative estimate of drug-likeness (QED) is 0.564. The highest BCUT2D eigenvalue weighted by atomic mass is 19.3. The number of carboxylic acids is 1. The number of rotatable bonds is 1. The summed E-state index contributed by atoms with van der Waals surface area (Å²) in [6, 6.07) is -1.41.